The molecular formula is C15H16BrN5. The van der Waals surface area contributed by atoms with Crippen molar-refractivity contribution in [2.75, 3.05) is 17.2 Å². The summed E-state index contributed by atoms with van der Waals surface area (Å²) in [7, 11) is 0. The van der Waals surface area contributed by atoms with E-state index in [1.165, 1.54) is 0 Å². The van der Waals surface area contributed by atoms with Crippen LogP contribution in [-0.4, -0.2) is 16.5 Å². The Morgan fingerprint density at radius 1 is 1.24 bits per heavy atom. The van der Waals surface area contributed by atoms with Crippen molar-refractivity contribution in [3.63, 3.8) is 0 Å². The Labute approximate surface area is 132 Å². The summed E-state index contributed by atoms with van der Waals surface area (Å²) in [5.41, 5.74) is 2.42. The Morgan fingerprint density at radius 2 is 1.95 bits per heavy atom. The lowest BCUT2D eigenvalue weighted by molar-refractivity contribution is 1.02. The van der Waals surface area contributed by atoms with Crippen molar-refractivity contribution in [3.8, 4) is 6.07 Å². The average molecular weight is 346 g/mol. The number of hydrogen-bond acceptors (Lipinski definition) is 5. The van der Waals surface area contributed by atoms with Crippen LogP contribution in [-0.2, 0) is 0 Å². The van der Waals surface area contributed by atoms with Crippen molar-refractivity contribution in [2.24, 2.45) is 0 Å². The summed E-state index contributed by atoms with van der Waals surface area (Å²) in [6.07, 6.45) is 0. The molecule has 1 aromatic carbocycles. The third-order valence-electron chi connectivity index (χ3n) is 2.95. The van der Waals surface area contributed by atoms with Crippen LogP contribution in [0.15, 0.2) is 22.7 Å². The smallest absolute Gasteiger partial charge is 0.139 e. The molecule has 1 heterocycles. The molecule has 0 amide bonds. The molecular weight excluding hydrogens is 330 g/mol. The minimum Gasteiger partial charge on any atom is -0.370 e. The Balaban J connectivity index is 2.38. The summed E-state index contributed by atoms with van der Waals surface area (Å²) in [6, 6.07) is 7.51. The van der Waals surface area contributed by atoms with Gasteiger partial charge in [-0.15, -0.1) is 0 Å². The highest BCUT2D eigenvalue weighted by molar-refractivity contribution is 9.10. The van der Waals surface area contributed by atoms with E-state index in [9.17, 15) is 0 Å². The molecule has 0 spiro atoms. The lowest BCUT2D eigenvalue weighted by Crippen LogP contribution is -2.08. The standard InChI is InChI=1S/C15H16BrN5/c1-4-18-14-9(2)15(20-10(3)19-14)21-13-6-5-11(8-17)7-12(13)16/h5-7H,4H2,1-3H3,(H2,18,19,20,21). The Bertz CT molecular complexity index is 706. The molecule has 0 aliphatic carbocycles. The zero-order valence-corrected chi connectivity index (χ0v) is 13.7. The number of halogens is 1. The molecule has 0 unspecified atom stereocenters. The molecule has 0 atom stereocenters. The number of anilines is 3. The highest BCUT2D eigenvalue weighted by Crippen LogP contribution is 2.29. The van der Waals surface area contributed by atoms with Crippen LogP contribution in [0.2, 0.25) is 0 Å². The van der Waals surface area contributed by atoms with Crippen LogP contribution in [0.25, 0.3) is 0 Å². The van der Waals surface area contributed by atoms with Crippen molar-refractivity contribution in [2.45, 2.75) is 20.8 Å². The van der Waals surface area contributed by atoms with Gasteiger partial charge in [0.25, 0.3) is 0 Å². The predicted molar refractivity (Wildman–Crippen MR) is 87.8 cm³/mol. The van der Waals surface area contributed by atoms with E-state index in [4.69, 9.17) is 5.26 Å². The van der Waals surface area contributed by atoms with Crippen molar-refractivity contribution < 1.29 is 0 Å². The van der Waals surface area contributed by atoms with E-state index < -0.39 is 0 Å². The predicted octanol–water partition coefficient (Wildman–Crippen LogP) is 3.90. The summed E-state index contributed by atoms with van der Waals surface area (Å²) in [5, 5.41) is 15.4. The van der Waals surface area contributed by atoms with E-state index in [0.29, 0.717) is 11.4 Å². The zero-order chi connectivity index (χ0) is 15.4. The van der Waals surface area contributed by atoms with Crippen LogP contribution < -0.4 is 10.6 Å². The Morgan fingerprint density at radius 3 is 2.57 bits per heavy atom. The van der Waals surface area contributed by atoms with Crippen molar-refractivity contribution in [1.82, 2.24) is 9.97 Å². The van der Waals surface area contributed by atoms with E-state index in [1.807, 2.05) is 26.8 Å². The van der Waals surface area contributed by atoms with Gasteiger partial charge in [0.15, 0.2) is 0 Å². The highest BCUT2D eigenvalue weighted by Gasteiger charge is 2.10. The van der Waals surface area contributed by atoms with Gasteiger partial charge >= 0.3 is 0 Å². The lowest BCUT2D eigenvalue weighted by atomic mass is 10.2. The van der Waals surface area contributed by atoms with Gasteiger partial charge in [0.05, 0.1) is 17.3 Å². The number of benzene rings is 1. The van der Waals surface area contributed by atoms with Gasteiger partial charge in [-0.1, -0.05) is 0 Å². The minimum atomic E-state index is 0.608. The van der Waals surface area contributed by atoms with Crippen LogP contribution in [0.4, 0.5) is 17.3 Å². The maximum atomic E-state index is 8.90. The largest absolute Gasteiger partial charge is 0.370 e. The van der Waals surface area contributed by atoms with Gasteiger partial charge in [-0.05, 0) is 54.9 Å². The van der Waals surface area contributed by atoms with E-state index in [0.717, 1.165) is 33.9 Å². The van der Waals surface area contributed by atoms with E-state index in [2.05, 4.69) is 42.6 Å². The van der Waals surface area contributed by atoms with Crippen LogP contribution in [0.5, 0.6) is 0 Å². The van der Waals surface area contributed by atoms with Crippen molar-refractivity contribution in [3.05, 3.63) is 39.6 Å². The molecule has 0 fully saturated rings. The van der Waals surface area contributed by atoms with Gasteiger partial charge in [-0.3, -0.25) is 0 Å². The van der Waals surface area contributed by atoms with Gasteiger partial charge in [0.1, 0.15) is 17.5 Å². The van der Waals surface area contributed by atoms with Gasteiger partial charge in [0, 0.05) is 16.6 Å². The monoisotopic (exact) mass is 345 g/mol. The topological polar surface area (TPSA) is 73.6 Å². The molecule has 0 aliphatic rings. The van der Waals surface area contributed by atoms with E-state index in [-0.39, 0.29) is 0 Å². The molecule has 1 aromatic heterocycles. The minimum absolute atomic E-state index is 0.608. The third-order valence-corrected chi connectivity index (χ3v) is 3.61. The maximum absolute atomic E-state index is 8.90. The van der Waals surface area contributed by atoms with Gasteiger partial charge in [-0.25, -0.2) is 9.97 Å². The van der Waals surface area contributed by atoms with Crippen LogP contribution in [0.3, 0.4) is 0 Å². The molecule has 0 radical (unpaired) electrons. The molecule has 0 saturated heterocycles. The molecule has 0 bridgehead atoms. The fourth-order valence-electron chi connectivity index (χ4n) is 1.90. The lowest BCUT2D eigenvalue weighted by Gasteiger charge is -2.14. The Hall–Kier alpha value is -2.13. The summed E-state index contributed by atoms with van der Waals surface area (Å²) in [6.45, 7) is 6.66. The van der Waals surface area contributed by atoms with Crippen molar-refractivity contribution >= 4 is 33.3 Å². The average Bonchev–Trinajstić information content (AvgIpc) is 2.46. The first-order valence-electron chi connectivity index (χ1n) is 6.61. The highest BCUT2D eigenvalue weighted by atomic mass is 79.9. The second kappa shape index (κ2) is 6.55. The Kier molecular flexibility index (Phi) is 4.76. The van der Waals surface area contributed by atoms with Crippen LogP contribution in [0.1, 0.15) is 23.9 Å². The zero-order valence-electron chi connectivity index (χ0n) is 12.2. The molecule has 2 N–H and O–H groups in total. The first-order valence-corrected chi connectivity index (χ1v) is 7.40. The van der Waals surface area contributed by atoms with E-state index in [1.54, 1.807) is 12.1 Å². The van der Waals surface area contributed by atoms with Crippen LogP contribution >= 0.6 is 15.9 Å². The third kappa shape index (κ3) is 3.50. The molecule has 0 saturated carbocycles. The van der Waals surface area contributed by atoms with Crippen LogP contribution in [0, 0.1) is 25.2 Å². The second-order valence-corrected chi connectivity index (χ2v) is 5.41. The fourth-order valence-corrected chi connectivity index (χ4v) is 2.38. The molecule has 5 nitrogen and oxygen atoms in total. The quantitative estimate of drug-likeness (QED) is 0.878. The first-order chi connectivity index (χ1) is 10.0. The summed E-state index contributed by atoms with van der Waals surface area (Å²) in [5.74, 6) is 2.28. The molecule has 2 aromatic rings. The summed E-state index contributed by atoms with van der Waals surface area (Å²) >= 11 is 3.47. The van der Waals surface area contributed by atoms with Gasteiger partial charge in [0.2, 0.25) is 0 Å². The number of aryl methyl sites for hydroxylation is 1. The van der Waals surface area contributed by atoms with Gasteiger partial charge < -0.3 is 10.6 Å². The SMILES string of the molecule is CCNc1nc(C)nc(Nc2ccc(C#N)cc2Br)c1C. The molecule has 108 valence electrons. The first kappa shape index (κ1) is 15.3. The van der Waals surface area contributed by atoms with Gasteiger partial charge in [-0.2, -0.15) is 5.26 Å². The number of rotatable bonds is 4. The molecule has 2 rings (SSSR count). The normalized spacial score (nSPS) is 10.0. The summed E-state index contributed by atoms with van der Waals surface area (Å²) in [4.78, 5) is 8.84. The summed E-state index contributed by atoms with van der Waals surface area (Å²) < 4.78 is 0.821. The molecule has 21 heavy (non-hydrogen) atoms. The number of aromatic nitrogens is 2. The fraction of sp³-hybridized carbons (Fsp3) is 0.267. The number of nitrogens with zero attached hydrogens (tertiary/aromatic N) is 3. The molecule has 0 aliphatic heterocycles. The maximum Gasteiger partial charge on any atom is 0.139 e. The number of hydrogen-bond donors (Lipinski definition) is 2. The van der Waals surface area contributed by atoms with E-state index >= 15 is 0 Å². The van der Waals surface area contributed by atoms with Crippen molar-refractivity contribution in [1.29, 1.82) is 5.26 Å². The number of nitriles is 1. The second-order valence-electron chi connectivity index (χ2n) is 4.55. The number of nitrogens with one attached hydrogen (secondary N) is 2. The molecule has 6 heteroatoms.